The molecule has 19 heavy (non-hydrogen) atoms. The van der Waals surface area contributed by atoms with Crippen LogP contribution in [0.25, 0.3) is 0 Å². The molecule has 1 heterocycles. The largest absolute Gasteiger partial charge is 0.394 e. The maximum Gasteiger partial charge on any atom is 0.391 e. The minimum absolute atomic E-state index is 0.0863. The van der Waals surface area contributed by atoms with Crippen LogP contribution in [0, 0.1) is 11.8 Å². The SMILES string of the molecule is O=C(C1CCCC(C(F)(F)F)C1)N1CCCC1CO. The van der Waals surface area contributed by atoms with Gasteiger partial charge in [-0.3, -0.25) is 4.79 Å². The lowest BCUT2D eigenvalue weighted by Gasteiger charge is -2.33. The second-order valence-electron chi connectivity index (χ2n) is 5.61. The summed E-state index contributed by atoms with van der Waals surface area (Å²) in [5.41, 5.74) is 0. The number of hydrogen-bond acceptors (Lipinski definition) is 2. The van der Waals surface area contributed by atoms with Gasteiger partial charge in [0.1, 0.15) is 0 Å². The van der Waals surface area contributed by atoms with Crippen LogP contribution in [0.3, 0.4) is 0 Å². The maximum atomic E-state index is 12.7. The minimum atomic E-state index is -4.19. The second kappa shape index (κ2) is 5.69. The third-order valence-corrected chi connectivity index (χ3v) is 4.36. The maximum absolute atomic E-state index is 12.7. The van der Waals surface area contributed by atoms with Gasteiger partial charge in [0.25, 0.3) is 0 Å². The smallest absolute Gasteiger partial charge is 0.391 e. The van der Waals surface area contributed by atoms with Crippen LogP contribution < -0.4 is 0 Å². The number of carbonyl (C=O) groups excluding carboxylic acids is 1. The van der Waals surface area contributed by atoms with Crippen molar-refractivity contribution in [2.24, 2.45) is 11.8 Å². The third-order valence-electron chi connectivity index (χ3n) is 4.36. The highest BCUT2D eigenvalue weighted by Gasteiger charge is 2.45. The molecule has 2 aliphatic rings. The molecule has 2 fully saturated rings. The van der Waals surface area contributed by atoms with Gasteiger partial charge in [-0.15, -0.1) is 0 Å². The first-order valence-corrected chi connectivity index (χ1v) is 6.91. The molecule has 0 radical (unpaired) electrons. The quantitative estimate of drug-likeness (QED) is 0.843. The Labute approximate surface area is 110 Å². The number of carbonyl (C=O) groups is 1. The monoisotopic (exact) mass is 279 g/mol. The van der Waals surface area contributed by atoms with Gasteiger partial charge >= 0.3 is 6.18 Å². The molecule has 1 N–H and O–H groups in total. The van der Waals surface area contributed by atoms with Crippen LogP contribution in [0.5, 0.6) is 0 Å². The van der Waals surface area contributed by atoms with E-state index >= 15 is 0 Å². The van der Waals surface area contributed by atoms with Gasteiger partial charge in [-0.25, -0.2) is 0 Å². The van der Waals surface area contributed by atoms with Gasteiger partial charge < -0.3 is 10.0 Å². The summed E-state index contributed by atoms with van der Waals surface area (Å²) in [5, 5.41) is 9.19. The molecule has 1 aliphatic heterocycles. The molecule has 1 saturated heterocycles. The number of rotatable bonds is 2. The number of aliphatic hydroxyl groups is 1. The van der Waals surface area contributed by atoms with Crippen molar-refractivity contribution in [3.05, 3.63) is 0 Å². The van der Waals surface area contributed by atoms with Gasteiger partial charge in [0, 0.05) is 12.5 Å². The Hall–Kier alpha value is -0.780. The predicted octanol–water partition coefficient (Wildman–Crippen LogP) is 2.34. The molecule has 3 atom stereocenters. The van der Waals surface area contributed by atoms with Crippen molar-refractivity contribution in [3.63, 3.8) is 0 Å². The number of alkyl halides is 3. The summed E-state index contributed by atoms with van der Waals surface area (Å²) in [6, 6.07) is -0.196. The molecular formula is C13H20F3NO2. The van der Waals surface area contributed by atoms with Gasteiger partial charge in [-0.05, 0) is 32.1 Å². The number of aliphatic hydroxyl groups excluding tert-OH is 1. The highest BCUT2D eigenvalue weighted by Crippen LogP contribution is 2.40. The van der Waals surface area contributed by atoms with Crippen LogP contribution in [0.2, 0.25) is 0 Å². The predicted molar refractivity (Wildman–Crippen MR) is 63.3 cm³/mol. The normalized spacial score (nSPS) is 32.6. The van der Waals surface area contributed by atoms with Crippen LogP contribution in [-0.4, -0.2) is 41.3 Å². The van der Waals surface area contributed by atoms with Crippen molar-refractivity contribution in [2.45, 2.75) is 50.7 Å². The first-order chi connectivity index (χ1) is 8.93. The Kier molecular flexibility index (Phi) is 4.38. The van der Waals surface area contributed by atoms with E-state index in [4.69, 9.17) is 0 Å². The van der Waals surface area contributed by atoms with Gasteiger partial charge in [-0.2, -0.15) is 13.2 Å². The molecule has 0 bridgehead atoms. The van der Waals surface area contributed by atoms with Crippen molar-refractivity contribution >= 4 is 5.91 Å². The van der Waals surface area contributed by atoms with Crippen molar-refractivity contribution in [3.8, 4) is 0 Å². The Bertz CT molecular complexity index is 332. The van der Waals surface area contributed by atoms with Crippen LogP contribution in [0.4, 0.5) is 13.2 Å². The highest BCUT2D eigenvalue weighted by molar-refractivity contribution is 5.79. The lowest BCUT2D eigenvalue weighted by Crippen LogP contribution is -2.43. The standard InChI is InChI=1S/C13H20F3NO2/c14-13(15,16)10-4-1-3-9(7-10)12(19)17-6-2-5-11(17)8-18/h9-11,18H,1-8H2. The third kappa shape index (κ3) is 3.22. The van der Waals surface area contributed by atoms with Crippen molar-refractivity contribution < 1.29 is 23.1 Å². The van der Waals surface area contributed by atoms with Gasteiger partial charge in [0.05, 0.1) is 18.6 Å². The van der Waals surface area contributed by atoms with Crippen LogP contribution in [0.15, 0.2) is 0 Å². The number of hydrogen-bond donors (Lipinski definition) is 1. The molecule has 0 aromatic carbocycles. The summed E-state index contributed by atoms with van der Waals surface area (Å²) >= 11 is 0. The van der Waals surface area contributed by atoms with E-state index < -0.39 is 18.0 Å². The van der Waals surface area contributed by atoms with Crippen molar-refractivity contribution in [1.29, 1.82) is 0 Å². The van der Waals surface area contributed by atoms with E-state index in [0.29, 0.717) is 19.4 Å². The average Bonchev–Trinajstić information content (AvgIpc) is 2.85. The zero-order chi connectivity index (χ0) is 14.0. The molecule has 6 heteroatoms. The van der Waals surface area contributed by atoms with Gasteiger partial charge in [0.2, 0.25) is 5.91 Å². The summed E-state index contributed by atoms with van der Waals surface area (Å²) in [6.07, 6.45) is -1.57. The molecule has 3 unspecified atom stereocenters. The Balaban J connectivity index is 1.99. The molecular weight excluding hydrogens is 259 g/mol. The first-order valence-electron chi connectivity index (χ1n) is 6.91. The molecule has 2 rings (SSSR count). The molecule has 3 nitrogen and oxygen atoms in total. The summed E-state index contributed by atoms with van der Waals surface area (Å²) < 4.78 is 38.2. The summed E-state index contributed by atoms with van der Waals surface area (Å²) in [7, 11) is 0. The highest BCUT2D eigenvalue weighted by atomic mass is 19.4. The van der Waals surface area contributed by atoms with E-state index in [0.717, 1.165) is 12.8 Å². The fraction of sp³-hybridized carbons (Fsp3) is 0.923. The van der Waals surface area contributed by atoms with E-state index in [9.17, 15) is 23.1 Å². The van der Waals surface area contributed by atoms with E-state index in [1.807, 2.05) is 0 Å². The summed E-state index contributed by atoms with van der Waals surface area (Å²) in [4.78, 5) is 13.9. The van der Waals surface area contributed by atoms with Crippen LogP contribution in [0.1, 0.15) is 38.5 Å². The fourth-order valence-corrected chi connectivity index (χ4v) is 3.26. The molecule has 1 aliphatic carbocycles. The lowest BCUT2D eigenvalue weighted by molar-refractivity contribution is -0.187. The molecule has 1 saturated carbocycles. The number of nitrogens with zero attached hydrogens (tertiary/aromatic N) is 1. The lowest BCUT2D eigenvalue weighted by atomic mass is 9.80. The van der Waals surface area contributed by atoms with Gasteiger partial charge in [0.15, 0.2) is 0 Å². The van der Waals surface area contributed by atoms with E-state index in [2.05, 4.69) is 0 Å². The van der Waals surface area contributed by atoms with E-state index in [1.165, 1.54) is 0 Å². The van der Waals surface area contributed by atoms with E-state index in [-0.39, 0.29) is 31.4 Å². The van der Waals surface area contributed by atoms with E-state index in [1.54, 1.807) is 4.90 Å². The van der Waals surface area contributed by atoms with Crippen molar-refractivity contribution in [1.82, 2.24) is 4.90 Å². The summed E-state index contributed by atoms with van der Waals surface area (Å²) in [6.45, 7) is 0.471. The number of halogens is 3. The van der Waals surface area contributed by atoms with Crippen LogP contribution >= 0.6 is 0 Å². The minimum Gasteiger partial charge on any atom is -0.394 e. The Morgan fingerprint density at radius 1 is 1.21 bits per heavy atom. The van der Waals surface area contributed by atoms with Crippen LogP contribution in [-0.2, 0) is 4.79 Å². The van der Waals surface area contributed by atoms with Gasteiger partial charge in [-0.1, -0.05) is 6.42 Å². The fourth-order valence-electron chi connectivity index (χ4n) is 3.26. The number of amides is 1. The Morgan fingerprint density at radius 3 is 2.58 bits per heavy atom. The Morgan fingerprint density at radius 2 is 1.95 bits per heavy atom. The molecule has 1 amide bonds. The molecule has 110 valence electrons. The zero-order valence-electron chi connectivity index (χ0n) is 10.8. The molecule has 0 aromatic rings. The zero-order valence-corrected chi connectivity index (χ0v) is 10.8. The molecule has 0 aromatic heterocycles. The summed E-state index contributed by atoms with van der Waals surface area (Å²) in [5.74, 6) is -2.05. The molecule has 0 spiro atoms. The average molecular weight is 279 g/mol. The topological polar surface area (TPSA) is 40.5 Å². The van der Waals surface area contributed by atoms with Crippen molar-refractivity contribution in [2.75, 3.05) is 13.2 Å². The number of likely N-dealkylation sites (tertiary alicyclic amines) is 1. The second-order valence-corrected chi connectivity index (χ2v) is 5.61. The first kappa shape index (κ1) is 14.6.